The van der Waals surface area contributed by atoms with Crippen molar-refractivity contribution >= 4 is 38.5 Å². The minimum absolute atomic E-state index is 0.164. The van der Waals surface area contributed by atoms with E-state index < -0.39 is 0 Å². The largest absolute Gasteiger partial charge is 0.274 e. The molecular weight excluding hydrogens is 330 g/mol. The van der Waals surface area contributed by atoms with E-state index in [0.29, 0.717) is 17.7 Å². The van der Waals surface area contributed by atoms with Gasteiger partial charge in [-0.3, -0.25) is 14.5 Å². The normalized spacial score (nSPS) is 14.0. The first-order chi connectivity index (χ1) is 10.2. The first-order valence-electron chi connectivity index (χ1n) is 7.18. The second-order valence-electron chi connectivity index (χ2n) is 5.22. The summed E-state index contributed by atoms with van der Waals surface area (Å²) in [5.74, 6) is -0.328. The zero-order valence-electron chi connectivity index (χ0n) is 11.6. The molecule has 108 valence electrons. The zero-order chi connectivity index (χ0) is 14.8. The fraction of sp³-hybridized carbons (Fsp3) is 0.294. The van der Waals surface area contributed by atoms with Gasteiger partial charge in [0.05, 0.1) is 0 Å². The van der Waals surface area contributed by atoms with Crippen molar-refractivity contribution in [1.29, 1.82) is 0 Å². The minimum Gasteiger partial charge on any atom is -0.274 e. The lowest BCUT2D eigenvalue weighted by atomic mass is 9.94. The zero-order valence-corrected chi connectivity index (χ0v) is 13.2. The molecule has 4 heteroatoms. The molecule has 2 aromatic rings. The Balaban J connectivity index is 1.95. The molecule has 0 N–H and O–H groups in total. The number of carbonyl (C=O) groups excluding carboxylic acids is 2. The molecule has 0 aliphatic carbocycles. The van der Waals surface area contributed by atoms with Gasteiger partial charge in [0.15, 0.2) is 0 Å². The molecule has 3 nitrogen and oxygen atoms in total. The van der Waals surface area contributed by atoms with Gasteiger partial charge in [0.1, 0.15) is 0 Å². The third kappa shape index (κ3) is 2.48. The molecule has 0 saturated heterocycles. The summed E-state index contributed by atoms with van der Waals surface area (Å²) in [6, 6.07) is 11.2. The van der Waals surface area contributed by atoms with Crippen LogP contribution < -0.4 is 0 Å². The van der Waals surface area contributed by atoms with Crippen LogP contribution in [-0.2, 0) is 0 Å². The SMILES string of the molecule is O=C1c2cccc3cccc(c23)C(=O)N1CCCCCBr. The van der Waals surface area contributed by atoms with Crippen molar-refractivity contribution in [3.05, 3.63) is 47.5 Å². The molecule has 1 heterocycles. The molecule has 0 fully saturated rings. The maximum Gasteiger partial charge on any atom is 0.261 e. The van der Waals surface area contributed by atoms with Crippen molar-refractivity contribution in [2.75, 3.05) is 11.9 Å². The average Bonchev–Trinajstić information content (AvgIpc) is 2.51. The number of rotatable bonds is 5. The first-order valence-corrected chi connectivity index (χ1v) is 8.30. The molecule has 0 aromatic heterocycles. The third-order valence-corrected chi connectivity index (χ3v) is 4.43. The summed E-state index contributed by atoms with van der Waals surface area (Å²) in [7, 11) is 0. The lowest BCUT2D eigenvalue weighted by Crippen LogP contribution is -2.40. The third-order valence-electron chi connectivity index (χ3n) is 3.87. The maximum absolute atomic E-state index is 12.6. The topological polar surface area (TPSA) is 37.4 Å². The van der Waals surface area contributed by atoms with Gasteiger partial charge in [-0.1, -0.05) is 46.6 Å². The van der Waals surface area contributed by atoms with Crippen LogP contribution in [0.2, 0.25) is 0 Å². The van der Waals surface area contributed by atoms with Crippen LogP contribution in [-0.4, -0.2) is 28.6 Å². The Morgan fingerprint density at radius 3 is 2.05 bits per heavy atom. The van der Waals surface area contributed by atoms with E-state index in [1.165, 1.54) is 4.90 Å². The van der Waals surface area contributed by atoms with Gasteiger partial charge in [-0.25, -0.2) is 0 Å². The summed E-state index contributed by atoms with van der Waals surface area (Å²) in [6.07, 6.45) is 2.91. The molecule has 1 aliphatic rings. The number of hydrogen-bond acceptors (Lipinski definition) is 2. The number of carbonyl (C=O) groups is 2. The van der Waals surface area contributed by atoms with E-state index >= 15 is 0 Å². The molecule has 0 atom stereocenters. The van der Waals surface area contributed by atoms with Gasteiger partial charge >= 0.3 is 0 Å². The van der Waals surface area contributed by atoms with Crippen LogP contribution in [0.3, 0.4) is 0 Å². The van der Waals surface area contributed by atoms with Gasteiger partial charge in [-0.05, 0) is 30.4 Å². The molecular formula is C17H16BrNO2. The van der Waals surface area contributed by atoms with Crippen LogP contribution in [0.5, 0.6) is 0 Å². The predicted molar refractivity (Wildman–Crippen MR) is 87.0 cm³/mol. The summed E-state index contributed by atoms with van der Waals surface area (Å²) in [4.78, 5) is 26.5. The maximum atomic E-state index is 12.6. The van der Waals surface area contributed by atoms with Gasteiger partial charge in [0, 0.05) is 28.4 Å². The van der Waals surface area contributed by atoms with E-state index in [9.17, 15) is 9.59 Å². The molecule has 3 rings (SSSR count). The van der Waals surface area contributed by atoms with Crippen molar-refractivity contribution in [2.45, 2.75) is 19.3 Å². The highest BCUT2D eigenvalue weighted by atomic mass is 79.9. The molecule has 0 bridgehead atoms. The van der Waals surface area contributed by atoms with Gasteiger partial charge in [-0.2, -0.15) is 0 Å². The number of alkyl halides is 1. The van der Waals surface area contributed by atoms with Crippen LogP contribution in [0.15, 0.2) is 36.4 Å². The second-order valence-corrected chi connectivity index (χ2v) is 6.01. The summed E-state index contributed by atoms with van der Waals surface area (Å²) >= 11 is 3.39. The van der Waals surface area contributed by atoms with E-state index in [1.54, 1.807) is 0 Å². The molecule has 0 unspecified atom stereocenters. The van der Waals surface area contributed by atoms with Crippen molar-refractivity contribution in [3.8, 4) is 0 Å². The van der Waals surface area contributed by atoms with Gasteiger partial charge in [0.25, 0.3) is 11.8 Å². The highest BCUT2D eigenvalue weighted by Gasteiger charge is 2.31. The standard InChI is InChI=1S/C17H16BrNO2/c18-10-2-1-3-11-19-16(20)13-8-4-6-12-7-5-9-14(15(12)13)17(19)21/h4-9H,1-3,10-11H2. The number of unbranched alkanes of at least 4 members (excludes halogenated alkanes) is 2. The highest BCUT2D eigenvalue weighted by molar-refractivity contribution is 9.09. The average molecular weight is 346 g/mol. The molecule has 21 heavy (non-hydrogen) atoms. The lowest BCUT2D eigenvalue weighted by Gasteiger charge is -2.27. The highest BCUT2D eigenvalue weighted by Crippen LogP contribution is 2.30. The van der Waals surface area contributed by atoms with Gasteiger partial charge in [0.2, 0.25) is 0 Å². The van der Waals surface area contributed by atoms with Crippen LogP contribution in [0, 0.1) is 0 Å². The van der Waals surface area contributed by atoms with Crippen LogP contribution >= 0.6 is 15.9 Å². The monoisotopic (exact) mass is 345 g/mol. The van der Waals surface area contributed by atoms with Crippen LogP contribution in [0.4, 0.5) is 0 Å². The number of hydrogen-bond donors (Lipinski definition) is 0. The number of halogens is 1. The Labute approximate surface area is 132 Å². The number of imide groups is 1. The number of amides is 2. The Kier molecular flexibility index (Phi) is 4.06. The Morgan fingerprint density at radius 1 is 0.857 bits per heavy atom. The Hall–Kier alpha value is -1.68. The quantitative estimate of drug-likeness (QED) is 0.466. The summed E-state index contributed by atoms with van der Waals surface area (Å²) in [5, 5.41) is 2.70. The van der Waals surface area contributed by atoms with Crippen molar-refractivity contribution in [3.63, 3.8) is 0 Å². The predicted octanol–water partition coefficient (Wildman–Crippen LogP) is 4.00. The Morgan fingerprint density at radius 2 is 1.48 bits per heavy atom. The van der Waals surface area contributed by atoms with E-state index in [0.717, 1.165) is 35.4 Å². The number of benzene rings is 2. The summed E-state index contributed by atoms with van der Waals surface area (Å²) < 4.78 is 0. The summed E-state index contributed by atoms with van der Waals surface area (Å²) in [5.41, 5.74) is 1.28. The van der Waals surface area contributed by atoms with E-state index in [-0.39, 0.29) is 11.8 Å². The number of nitrogens with zero attached hydrogens (tertiary/aromatic N) is 1. The molecule has 1 aliphatic heterocycles. The van der Waals surface area contributed by atoms with Gasteiger partial charge < -0.3 is 0 Å². The smallest absolute Gasteiger partial charge is 0.261 e. The second kappa shape index (κ2) is 5.98. The molecule has 2 aromatic carbocycles. The molecule has 0 spiro atoms. The minimum atomic E-state index is -0.164. The fourth-order valence-corrected chi connectivity index (χ4v) is 3.22. The molecule has 0 saturated carbocycles. The van der Waals surface area contributed by atoms with E-state index in [1.807, 2.05) is 36.4 Å². The first kappa shape index (κ1) is 14.3. The Bertz CT molecular complexity index is 660. The molecule has 2 amide bonds. The summed E-state index contributed by atoms with van der Waals surface area (Å²) in [6.45, 7) is 0.495. The van der Waals surface area contributed by atoms with Gasteiger partial charge in [-0.15, -0.1) is 0 Å². The van der Waals surface area contributed by atoms with E-state index in [2.05, 4.69) is 15.9 Å². The molecule has 0 radical (unpaired) electrons. The van der Waals surface area contributed by atoms with Crippen molar-refractivity contribution < 1.29 is 9.59 Å². The fourth-order valence-electron chi connectivity index (χ4n) is 2.82. The lowest BCUT2D eigenvalue weighted by molar-refractivity contribution is 0.0608. The van der Waals surface area contributed by atoms with Crippen LogP contribution in [0.1, 0.15) is 40.0 Å². The van der Waals surface area contributed by atoms with Crippen molar-refractivity contribution in [2.24, 2.45) is 0 Å². The van der Waals surface area contributed by atoms with E-state index in [4.69, 9.17) is 0 Å². The van der Waals surface area contributed by atoms with Crippen molar-refractivity contribution in [1.82, 2.24) is 4.90 Å². The van der Waals surface area contributed by atoms with Crippen LogP contribution in [0.25, 0.3) is 10.8 Å².